The number of carboxylic acids is 1. The standard InChI is InChI=1S/C17H21NO3/c1-12-6-7-14-13(10-12)18-15(21-14)11-17(16(19)20)8-4-2-3-5-9-17/h6-7,10H,2-5,8-9,11H2,1H3,(H,19,20). The molecule has 21 heavy (non-hydrogen) atoms. The van der Waals surface area contributed by atoms with Crippen molar-refractivity contribution in [3.63, 3.8) is 0 Å². The van der Waals surface area contributed by atoms with Crippen molar-refractivity contribution in [3.8, 4) is 0 Å². The van der Waals surface area contributed by atoms with Crippen LogP contribution in [0.4, 0.5) is 0 Å². The monoisotopic (exact) mass is 287 g/mol. The highest BCUT2D eigenvalue weighted by atomic mass is 16.4. The molecule has 0 spiro atoms. The van der Waals surface area contributed by atoms with Crippen LogP contribution in [-0.2, 0) is 11.2 Å². The van der Waals surface area contributed by atoms with E-state index < -0.39 is 11.4 Å². The average molecular weight is 287 g/mol. The van der Waals surface area contributed by atoms with E-state index >= 15 is 0 Å². The third kappa shape index (κ3) is 2.80. The van der Waals surface area contributed by atoms with Gasteiger partial charge in [0.1, 0.15) is 5.52 Å². The summed E-state index contributed by atoms with van der Waals surface area (Å²) in [6, 6.07) is 5.86. The summed E-state index contributed by atoms with van der Waals surface area (Å²) in [5.41, 5.74) is 1.99. The van der Waals surface area contributed by atoms with E-state index in [-0.39, 0.29) is 0 Å². The third-order valence-corrected chi connectivity index (χ3v) is 4.59. The van der Waals surface area contributed by atoms with Crippen molar-refractivity contribution in [2.24, 2.45) is 5.41 Å². The number of rotatable bonds is 3. The summed E-state index contributed by atoms with van der Waals surface area (Å²) in [4.78, 5) is 16.3. The van der Waals surface area contributed by atoms with Crippen molar-refractivity contribution in [1.82, 2.24) is 4.98 Å². The minimum absolute atomic E-state index is 0.399. The van der Waals surface area contributed by atoms with Crippen LogP contribution in [0, 0.1) is 12.3 Å². The fourth-order valence-electron chi connectivity index (χ4n) is 3.32. The Labute approximate surface area is 124 Å². The zero-order valence-electron chi connectivity index (χ0n) is 12.4. The lowest BCUT2D eigenvalue weighted by Crippen LogP contribution is -2.33. The summed E-state index contributed by atoms with van der Waals surface area (Å²) in [6.45, 7) is 2.01. The zero-order chi connectivity index (χ0) is 14.9. The molecule has 0 unspecified atom stereocenters. The van der Waals surface area contributed by atoms with Gasteiger partial charge in [-0.3, -0.25) is 4.79 Å². The Balaban J connectivity index is 1.91. The number of nitrogens with zero attached hydrogens (tertiary/aromatic N) is 1. The predicted molar refractivity (Wildman–Crippen MR) is 80.2 cm³/mol. The van der Waals surface area contributed by atoms with Gasteiger partial charge in [0, 0.05) is 6.42 Å². The molecule has 1 aliphatic carbocycles. The molecule has 1 fully saturated rings. The number of hydrogen-bond donors (Lipinski definition) is 1. The second-order valence-electron chi connectivity index (χ2n) is 6.26. The molecule has 0 aliphatic heterocycles. The number of carbonyl (C=O) groups is 1. The maximum atomic E-state index is 11.8. The summed E-state index contributed by atoms with van der Waals surface area (Å²) >= 11 is 0. The first kappa shape index (κ1) is 14.1. The number of carboxylic acid groups (broad SMARTS) is 1. The van der Waals surface area contributed by atoms with Gasteiger partial charge < -0.3 is 9.52 Å². The second-order valence-corrected chi connectivity index (χ2v) is 6.26. The van der Waals surface area contributed by atoms with Crippen LogP contribution < -0.4 is 0 Å². The molecule has 2 aromatic rings. The van der Waals surface area contributed by atoms with Crippen LogP contribution >= 0.6 is 0 Å². The van der Waals surface area contributed by atoms with Crippen LogP contribution in [0.2, 0.25) is 0 Å². The van der Waals surface area contributed by atoms with E-state index in [4.69, 9.17) is 4.42 Å². The van der Waals surface area contributed by atoms with Crippen molar-refractivity contribution >= 4 is 17.1 Å². The molecule has 1 aliphatic rings. The van der Waals surface area contributed by atoms with Gasteiger partial charge in [-0.05, 0) is 37.5 Å². The molecule has 0 atom stereocenters. The summed E-state index contributed by atoms with van der Waals surface area (Å²) in [5.74, 6) is -0.150. The lowest BCUT2D eigenvalue weighted by molar-refractivity contribution is -0.150. The summed E-state index contributed by atoms with van der Waals surface area (Å²) < 4.78 is 5.77. The molecule has 0 amide bonds. The maximum Gasteiger partial charge on any atom is 0.310 e. The first-order chi connectivity index (χ1) is 10.1. The molecule has 0 saturated heterocycles. The minimum Gasteiger partial charge on any atom is -0.481 e. The number of aliphatic carboxylic acids is 1. The van der Waals surface area contributed by atoms with Gasteiger partial charge in [-0.15, -0.1) is 0 Å². The molecular weight excluding hydrogens is 266 g/mol. The Morgan fingerprint density at radius 1 is 1.29 bits per heavy atom. The van der Waals surface area contributed by atoms with Crippen LogP contribution in [0.5, 0.6) is 0 Å². The number of aryl methyl sites for hydroxylation is 1. The van der Waals surface area contributed by atoms with E-state index in [9.17, 15) is 9.90 Å². The van der Waals surface area contributed by atoms with Crippen molar-refractivity contribution < 1.29 is 14.3 Å². The highest BCUT2D eigenvalue weighted by Gasteiger charge is 2.40. The van der Waals surface area contributed by atoms with Gasteiger partial charge in [-0.1, -0.05) is 31.7 Å². The lowest BCUT2D eigenvalue weighted by atomic mass is 9.77. The van der Waals surface area contributed by atoms with Crippen LogP contribution in [0.25, 0.3) is 11.1 Å². The molecule has 0 radical (unpaired) electrons. The van der Waals surface area contributed by atoms with Gasteiger partial charge in [-0.25, -0.2) is 4.98 Å². The van der Waals surface area contributed by atoms with Crippen molar-refractivity contribution in [3.05, 3.63) is 29.7 Å². The molecule has 3 rings (SSSR count). The zero-order valence-corrected chi connectivity index (χ0v) is 12.4. The van der Waals surface area contributed by atoms with Crippen molar-refractivity contribution in [2.75, 3.05) is 0 Å². The largest absolute Gasteiger partial charge is 0.481 e. The number of fused-ring (bicyclic) bond motifs is 1. The number of benzene rings is 1. The first-order valence-corrected chi connectivity index (χ1v) is 7.69. The van der Waals surface area contributed by atoms with Crippen LogP contribution in [0.15, 0.2) is 22.6 Å². The Morgan fingerprint density at radius 3 is 2.67 bits per heavy atom. The normalized spacial score (nSPS) is 18.5. The van der Waals surface area contributed by atoms with Gasteiger partial charge in [0.2, 0.25) is 0 Å². The van der Waals surface area contributed by atoms with Gasteiger partial charge in [0.25, 0.3) is 0 Å². The Hall–Kier alpha value is -1.84. The maximum absolute atomic E-state index is 11.8. The van der Waals surface area contributed by atoms with E-state index in [0.29, 0.717) is 12.3 Å². The number of aromatic nitrogens is 1. The molecule has 112 valence electrons. The fourth-order valence-corrected chi connectivity index (χ4v) is 3.32. The fraction of sp³-hybridized carbons (Fsp3) is 0.529. The molecule has 4 heteroatoms. The quantitative estimate of drug-likeness (QED) is 0.863. The summed E-state index contributed by atoms with van der Waals surface area (Å²) in [5, 5.41) is 9.72. The van der Waals surface area contributed by atoms with Crippen LogP contribution in [-0.4, -0.2) is 16.1 Å². The Bertz CT molecular complexity index is 651. The minimum atomic E-state index is -0.706. The molecule has 1 aromatic heterocycles. The highest BCUT2D eigenvalue weighted by molar-refractivity contribution is 5.76. The number of hydrogen-bond acceptors (Lipinski definition) is 3. The Kier molecular flexibility index (Phi) is 3.70. The SMILES string of the molecule is Cc1ccc2oc(CC3(C(=O)O)CCCCCC3)nc2c1. The molecule has 1 heterocycles. The third-order valence-electron chi connectivity index (χ3n) is 4.59. The van der Waals surface area contributed by atoms with Crippen molar-refractivity contribution in [1.29, 1.82) is 0 Å². The van der Waals surface area contributed by atoms with Crippen LogP contribution in [0.1, 0.15) is 50.0 Å². The van der Waals surface area contributed by atoms with Gasteiger partial charge in [0.15, 0.2) is 11.5 Å². The average Bonchev–Trinajstić information content (AvgIpc) is 2.67. The number of oxazole rings is 1. The first-order valence-electron chi connectivity index (χ1n) is 7.69. The van der Waals surface area contributed by atoms with E-state index in [1.165, 1.54) is 0 Å². The predicted octanol–water partition coefficient (Wildman–Crippen LogP) is 4.10. The van der Waals surface area contributed by atoms with E-state index in [2.05, 4.69) is 4.98 Å². The molecular formula is C17H21NO3. The topological polar surface area (TPSA) is 63.3 Å². The highest BCUT2D eigenvalue weighted by Crippen LogP contribution is 2.38. The lowest BCUT2D eigenvalue weighted by Gasteiger charge is -2.26. The van der Waals surface area contributed by atoms with E-state index in [0.717, 1.165) is 55.2 Å². The van der Waals surface area contributed by atoms with Gasteiger partial charge in [-0.2, -0.15) is 0 Å². The second kappa shape index (κ2) is 5.51. The molecule has 0 bridgehead atoms. The van der Waals surface area contributed by atoms with Crippen LogP contribution in [0.3, 0.4) is 0 Å². The smallest absolute Gasteiger partial charge is 0.310 e. The van der Waals surface area contributed by atoms with Gasteiger partial charge in [0.05, 0.1) is 5.41 Å². The summed E-state index contributed by atoms with van der Waals surface area (Å²) in [7, 11) is 0. The van der Waals surface area contributed by atoms with E-state index in [1.54, 1.807) is 0 Å². The summed E-state index contributed by atoms with van der Waals surface area (Å²) in [6.07, 6.45) is 6.05. The van der Waals surface area contributed by atoms with E-state index in [1.807, 2.05) is 25.1 Å². The van der Waals surface area contributed by atoms with Gasteiger partial charge >= 0.3 is 5.97 Å². The molecule has 1 saturated carbocycles. The van der Waals surface area contributed by atoms with Crippen molar-refractivity contribution in [2.45, 2.75) is 51.9 Å². The molecule has 1 aromatic carbocycles. The Morgan fingerprint density at radius 2 is 2.00 bits per heavy atom. The molecule has 1 N–H and O–H groups in total. The molecule has 4 nitrogen and oxygen atoms in total.